The second kappa shape index (κ2) is 4.66. The van der Waals surface area contributed by atoms with Gasteiger partial charge in [0.05, 0.1) is 6.54 Å². The highest BCUT2D eigenvalue weighted by atomic mass is 16.5. The summed E-state index contributed by atoms with van der Waals surface area (Å²) in [5, 5.41) is 3.67. The summed E-state index contributed by atoms with van der Waals surface area (Å²) in [7, 11) is 2.11. The molecule has 1 saturated carbocycles. The lowest BCUT2D eigenvalue weighted by molar-refractivity contribution is 0.219. The third-order valence-corrected chi connectivity index (χ3v) is 3.15. The zero-order chi connectivity index (χ0) is 10.7. The van der Waals surface area contributed by atoms with Gasteiger partial charge in [-0.25, -0.2) is 0 Å². The van der Waals surface area contributed by atoms with Gasteiger partial charge in [-0.2, -0.15) is 0 Å². The smallest absolute Gasteiger partial charge is 0.167 e. The molecule has 84 valence electrons. The summed E-state index contributed by atoms with van der Waals surface area (Å²) in [6, 6.07) is 1.79. The fourth-order valence-electron chi connectivity index (χ4n) is 1.93. The Balaban J connectivity index is 1.69. The van der Waals surface area contributed by atoms with Crippen molar-refractivity contribution in [1.82, 2.24) is 10.1 Å². The molecule has 0 unspecified atom stereocenters. The largest absolute Gasteiger partial charge is 0.381 e. The van der Waals surface area contributed by atoms with Crippen molar-refractivity contribution < 1.29 is 4.52 Å². The normalized spacial score (nSPS) is 16.9. The van der Waals surface area contributed by atoms with Gasteiger partial charge in [0, 0.05) is 6.07 Å². The van der Waals surface area contributed by atoms with E-state index in [9.17, 15) is 0 Å². The molecule has 2 rings (SSSR count). The van der Waals surface area contributed by atoms with Crippen LogP contribution in [-0.2, 0) is 6.54 Å². The first-order chi connectivity index (χ1) is 7.24. The Morgan fingerprint density at radius 3 is 2.93 bits per heavy atom. The lowest BCUT2D eigenvalue weighted by Gasteiger charge is -2.27. The van der Waals surface area contributed by atoms with Crippen LogP contribution in [0.4, 0.5) is 5.82 Å². The molecule has 2 N–H and O–H groups in total. The molecule has 1 heterocycles. The Hall–Kier alpha value is -1.03. The van der Waals surface area contributed by atoms with Crippen LogP contribution in [-0.4, -0.2) is 23.6 Å². The van der Waals surface area contributed by atoms with Crippen molar-refractivity contribution in [3.8, 4) is 0 Å². The summed E-state index contributed by atoms with van der Waals surface area (Å²) in [5.74, 6) is 2.29. The molecule has 1 aromatic heterocycles. The van der Waals surface area contributed by atoms with Crippen LogP contribution >= 0.6 is 0 Å². The molecule has 1 fully saturated rings. The average molecular weight is 209 g/mol. The minimum atomic E-state index is 0.470. The molecule has 0 spiro atoms. The van der Waals surface area contributed by atoms with E-state index >= 15 is 0 Å². The summed E-state index contributed by atoms with van der Waals surface area (Å²) in [5.41, 5.74) is 5.48. The van der Waals surface area contributed by atoms with Crippen LogP contribution in [0.5, 0.6) is 0 Å². The van der Waals surface area contributed by atoms with Gasteiger partial charge >= 0.3 is 0 Å². The molecule has 0 atom stereocenters. The molecule has 0 amide bonds. The molecule has 1 aromatic rings. The van der Waals surface area contributed by atoms with Crippen molar-refractivity contribution in [2.24, 2.45) is 5.92 Å². The highest BCUT2D eigenvalue weighted by Gasteiger charge is 2.17. The molecule has 0 saturated heterocycles. The van der Waals surface area contributed by atoms with E-state index < -0.39 is 0 Å². The fourth-order valence-corrected chi connectivity index (χ4v) is 1.93. The molecule has 0 radical (unpaired) electrons. The number of anilines is 1. The van der Waals surface area contributed by atoms with Gasteiger partial charge in [-0.3, -0.25) is 4.90 Å². The molecular formula is C11H19N3O. The fraction of sp³-hybridized carbons (Fsp3) is 0.727. The van der Waals surface area contributed by atoms with E-state index in [0.717, 1.165) is 24.8 Å². The van der Waals surface area contributed by atoms with Gasteiger partial charge in [0.1, 0.15) is 0 Å². The van der Waals surface area contributed by atoms with Crippen LogP contribution in [0, 0.1) is 5.92 Å². The summed E-state index contributed by atoms with van der Waals surface area (Å²) in [4.78, 5) is 2.26. The van der Waals surface area contributed by atoms with Gasteiger partial charge in [0.15, 0.2) is 11.6 Å². The number of hydrogen-bond acceptors (Lipinski definition) is 4. The first-order valence-corrected chi connectivity index (χ1v) is 5.63. The Morgan fingerprint density at radius 1 is 1.60 bits per heavy atom. The van der Waals surface area contributed by atoms with E-state index in [1.807, 2.05) is 0 Å². The minimum absolute atomic E-state index is 0.470. The molecule has 0 aliphatic heterocycles. The molecule has 0 bridgehead atoms. The number of nitrogens with zero attached hydrogens (tertiary/aromatic N) is 2. The third kappa shape index (κ3) is 2.96. The van der Waals surface area contributed by atoms with Crippen molar-refractivity contribution in [3.63, 3.8) is 0 Å². The summed E-state index contributed by atoms with van der Waals surface area (Å²) in [6.07, 6.45) is 5.57. The van der Waals surface area contributed by atoms with Crippen LogP contribution in [0.25, 0.3) is 0 Å². The molecule has 0 aromatic carbocycles. The van der Waals surface area contributed by atoms with Crippen LogP contribution in [0.2, 0.25) is 0 Å². The topological polar surface area (TPSA) is 55.3 Å². The maximum absolute atomic E-state index is 5.48. The van der Waals surface area contributed by atoms with Crippen LogP contribution in [0.3, 0.4) is 0 Å². The van der Waals surface area contributed by atoms with Crippen molar-refractivity contribution in [1.29, 1.82) is 0 Å². The highest BCUT2D eigenvalue weighted by Crippen LogP contribution is 2.29. The van der Waals surface area contributed by atoms with Gasteiger partial charge in [-0.15, -0.1) is 0 Å². The first kappa shape index (κ1) is 10.5. The Morgan fingerprint density at radius 2 is 2.40 bits per heavy atom. The molecule has 15 heavy (non-hydrogen) atoms. The second-order valence-electron chi connectivity index (χ2n) is 4.54. The van der Waals surface area contributed by atoms with Gasteiger partial charge in [-0.1, -0.05) is 24.4 Å². The minimum Gasteiger partial charge on any atom is -0.381 e. The molecule has 1 aliphatic rings. The highest BCUT2D eigenvalue weighted by molar-refractivity contribution is 5.26. The summed E-state index contributed by atoms with van der Waals surface area (Å²) < 4.78 is 5.07. The maximum atomic E-state index is 5.48. The Kier molecular flexibility index (Phi) is 3.26. The van der Waals surface area contributed by atoms with Crippen LogP contribution in [0.15, 0.2) is 10.6 Å². The Labute approximate surface area is 90.4 Å². The standard InChI is InChI=1S/C11H19N3O/c1-14(6-5-9-3-2-4-9)8-10-7-11(12)13-15-10/h7,9H,2-6,8H2,1H3,(H2,12,13). The van der Waals surface area contributed by atoms with Crippen LogP contribution < -0.4 is 5.73 Å². The third-order valence-electron chi connectivity index (χ3n) is 3.15. The predicted molar refractivity (Wildman–Crippen MR) is 59.2 cm³/mol. The zero-order valence-corrected chi connectivity index (χ0v) is 9.28. The van der Waals surface area contributed by atoms with E-state index in [4.69, 9.17) is 10.3 Å². The first-order valence-electron chi connectivity index (χ1n) is 5.63. The van der Waals surface area contributed by atoms with Gasteiger partial charge in [0.25, 0.3) is 0 Å². The van der Waals surface area contributed by atoms with Crippen molar-refractivity contribution in [2.75, 3.05) is 19.3 Å². The van der Waals surface area contributed by atoms with Crippen LogP contribution in [0.1, 0.15) is 31.4 Å². The zero-order valence-electron chi connectivity index (χ0n) is 9.28. The van der Waals surface area contributed by atoms with E-state index in [1.54, 1.807) is 6.07 Å². The van der Waals surface area contributed by atoms with Gasteiger partial charge in [-0.05, 0) is 25.9 Å². The second-order valence-corrected chi connectivity index (χ2v) is 4.54. The molecular weight excluding hydrogens is 190 g/mol. The quantitative estimate of drug-likeness (QED) is 0.804. The SMILES string of the molecule is CN(CCC1CCC1)Cc1cc(N)no1. The van der Waals surface area contributed by atoms with E-state index in [2.05, 4.69) is 17.1 Å². The lowest BCUT2D eigenvalue weighted by Crippen LogP contribution is -2.23. The molecule has 4 nitrogen and oxygen atoms in total. The maximum Gasteiger partial charge on any atom is 0.167 e. The monoisotopic (exact) mass is 209 g/mol. The van der Waals surface area contributed by atoms with Crippen molar-refractivity contribution in [2.45, 2.75) is 32.2 Å². The number of nitrogens with two attached hydrogens (primary N) is 1. The lowest BCUT2D eigenvalue weighted by atomic mass is 9.83. The van der Waals surface area contributed by atoms with Crippen molar-refractivity contribution >= 4 is 5.82 Å². The number of rotatable bonds is 5. The molecule has 4 heteroatoms. The van der Waals surface area contributed by atoms with E-state index in [-0.39, 0.29) is 0 Å². The van der Waals surface area contributed by atoms with Gasteiger partial charge < -0.3 is 10.3 Å². The summed E-state index contributed by atoms with van der Waals surface area (Å²) >= 11 is 0. The molecule has 1 aliphatic carbocycles. The number of aromatic nitrogens is 1. The average Bonchev–Trinajstić information content (AvgIpc) is 2.48. The van der Waals surface area contributed by atoms with Gasteiger partial charge in [0.2, 0.25) is 0 Å². The Bertz CT molecular complexity index is 307. The van der Waals surface area contributed by atoms with E-state index in [0.29, 0.717) is 5.82 Å². The summed E-state index contributed by atoms with van der Waals surface area (Å²) in [6.45, 7) is 1.93. The number of hydrogen-bond donors (Lipinski definition) is 1. The van der Waals surface area contributed by atoms with E-state index in [1.165, 1.54) is 25.7 Å². The predicted octanol–water partition coefficient (Wildman–Crippen LogP) is 1.88. The van der Waals surface area contributed by atoms with Crippen molar-refractivity contribution in [3.05, 3.63) is 11.8 Å². The number of nitrogen functional groups attached to an aromatic ring is 1.